The van der Waals surface area contributed by atoms with Gasteiger partial charge in [0.1, 0.15) is 5.01 Å². The lowest BCUT2D eigenvalue weighted by Crippen LogP contribution is -2.42. The number of alkyl halides is 2. The van der Waals surface area contributed by atoms with E-state index in [2.05, 4.69) is 10.3 Å². The van der Waals surface area contributed by atoms with Gasteiger partial charge in [-0.25, -0.2) is 13.8 Å². The highest BCUT2D eigenvalue weighted by molar-refractivity contribution is 7.13. The SMILES string of the molecule is NCC(F)(F)CNC(=O)Cc1csc(-c2ccc3c(c2)OCO3)n1. The molecule has 3 N–H and O–H groups in total. The van der Waals surface area contributed by atoms with E-state index in [9.17, 15) is 13.6 Å². The van der Waals surface area contributed by atoms with Gasteiger partial charge in [0.05, 0.1) is 25.2 Å². The minimum absolute atomic E-state index is 0.0678. The van der Waals surface area contributed by atoms with Crippen LogP contribution in [0.5, 0.6) is 11.5 Å². The first-order valence-corrected chi connectivity index (χ1v) is 8.04. The summed E-state index contributed by atoms with van der Waals surface area (Å²) in [5, 5.41) is 4.60. The van der Waals surface area contributed by atoms with Gasteiger partial charge in [0, 0.05) is 10.9 Å². The van der Waals surface area contributed by atoms with E-state index in [0.717, 1.165) is 5.56 Å². The number of benzene rings is 1. The number of aromatic nitrogens is 1. The number of hydrogen-bond donors (Lipinski definition) is 2. The molecule has 128 valence electrons. The summed E-state index contributed by atoms with van der Waals surface area (Å²) < 4.78 is 36.6. The molecular weight excluding hydrogens is 340 g/mol. The minimum Gasteiger partial charge on any atom is -0.454 e. The highest BCUT2D eigenvalue weighted by Gasteiger charge is 2.27. The molecule has 24 heavy (non-hydrogen) atoms. The number of amides is 1. The molecule has 1 aromatic heterocycles. The predicted molar refractivity (Wildman–Crippen MR) is 84.4 cm³/mol. The quantitative estimate of drug-likeness (QED) is 0.825. The highest BCUT2D eigenvalue weighted by atomic mass is 32.1. The molecule has 0 spiro atoms. The molecule has 0 fully saturated rings. The molecule has 0 radical (unpaired) electrons. The zero-order valence-corrected chi connectivity index (χ0v) is 13.4. The van der Waals surface area contributed by atoms with Crippen LogP contribution in [0.25, 0.3) is 10.6 Å². The molecule has 0 atom stereocenters. The van der Waals surface area contributed by atoms with Gasteiger partial charge in [0.2, 0.25) is 12.7 Å². The molecule has 6 nitrogen and oxygen atoms in total. The van der Waals surface area contributed by atoms with Crippen molar-refractivity contribution in [1.29, 1.82) is 0 Å². The molecule has 1 aromatic carbocycles. The van der Waals surface area contributed by atoms with Crippen molar-refractivity contribution in [3.05, 3.63) is 29.3 Å². The van der Waals surface area contributed by atoms with E-state index in [1.165, 1.54) is 11.3 Å². The van der Waals surface area contributed by atoms with Crippen LogP contribution in [0, 0.1) is 0 Å². The van der Waals surface area contributed by atoms with Crippen LogP contribution < -0.4 is 20.5 Å². The van der Waals surface area contributed by atoms with Gasteiger partial charge in [-0.3, -0.25) is 4.79 Å². The van der Waals surface area contributed by atoms with E-state index < -0.39 is 24.9 Å². The molecule has 2 aromatic rings. The second-order valence-electron chi connectivity index (χ2n) is 5.23. The first-order chi connectivity index (χ1) is 11.5. The average molecular weight is 355 g/mol. The molecule has 0 aliphatic carbocycles. The molecule has 0 saturated carbocycles. The van der Waals surface area contributed by atoms with Crippen molar-refractivity contribution in [2.45, 2.75) is 12.3 Å². The Hall–Kier alpha value is -2.26. The van der Waals surface area contributed by atoms with Crippen LogP contribution in [-0.4, -0.2) is 36.7 Å². The maximum absolute atomic E-state index is 13.0. The van der Waals surface area contributed by atoms with E-state index in [0.29, 0.717) is 22.2 Å². The number of nitrogens with one attached hydrogen (secondary N) is 1. The largest absolute Gasteiger partial charge is 0.454 e. The molecule has 1 aliphatic heterocycles. The van der Waals surface area contributed by atoms with Crippen molar-refractivity contribution in [1.82, 2.24) is 10.3 Å². The fourth-order valence-electron chi connectivity index (χ4n) is 2.08. The number of rotatable bonds is 6. The molecule has 1 amide bonds. The average Bonchev–Trinajstić information content (AvgIpc) is 3.21. The monoisotopic (exact) mass is 355 g/mol. The van der Waals surface area contributed by atoms with Crippen LogP contribution in [-0.2, 0) is 11.2 Å². The molecule has 0 unspecified atom stereocenters. The highest BCUT2D eigenvalue weighted by Crippen LogP contribution is 2.36. The predicted octanol–water partition coefficient (Wildman–Crippen LogP) is 1.79. The number of thiazole rings is 1. The van der Waals surface area contributed by atoms with Crippen molar-refractivity contribution in [3.8, 4) is 22.1 Å². The van der Waals surface area contributed by atoms with Crippen molar-refractivity contribution in [2.24, 2.45) is 5.73 Å². The minimum atomic E-state index is -3.10. The maximum Gasteiger partial charge on any atom is 0.277 e. The second-order valence-corrected chi connectivity index (χ2v) is 6.08. The van der Waals surface area contributed by atoms with Crippen molar-refractivity contribution < 1.29 is 23.0 Å². The second kappa shape index (κ2) is 6.70. The number of carbonyl (C=O) groups is 1. The maximum atomic E-state index is 13.0. The standard InChI is InChI=1S/C15H15F2N3O3S/c16-15(17,6-18)7-19-13(21)4-10-5-24-14(20-10)9-1-2-11-12(3-9)23-8-22-11/h1-3,5H,4,6-8,18H2,(H,19,21). The Kier molecular flexibility index (Phi) is 4.63. The van der Waals surface area contributed by atoms with Crippen molar-refractivity contribution >= 4 is 17.2 Å². The van der Waals surface area contributed by atoms with E-state index in [1.807, 2.05) is 12.1 Å². The summed E-state index contributed by atoms with van der Waals surface area (Å²) in [7, 11) is 0. The summed E-state index contributed by atoms with van der Waals surface area (Å²) in [5.74, 6) is -2.30. The van der Waals surface area contributed by atoms with Crippen LogP contribution in [0.15, 0.2) is 23.6 Å². The zero-order valence-electron chi connectivity index (χ0n) is 12.6. The molecule has 0 bridgehead atoms. The van der Waals surface area contributed by atoms with Gasteiger partial charge in [-0.05, 0) is 18.2 Å². The Morgan fingerprint density at radius 2 is 2.17 bits per heavy atom. The van der Waals surface area contributed by atoms with E-state index >= 15 is 0 Å². The smallest absolute Gasteiger partial charge is 0.277 e. The van der Waals surface area contributed by atoms with Gasteiger partial charge < -0.3 is 20.5 Å². The van der Waals surface area contributed by atoms with Crippen LogP contribution in [0.3, 0.4) is 0 Å². The Bertz CT molecular complexity index is 751. The zero-order chi connectivity index (χ0) is 17.2. The number of fused-ring (bicyclic) bond motifs is 1. The van der Waals surface area contributed by atoms with Gasteiger partial charge in [-0.2, -0.15) is 0 Å². The van der Waals surface area contributed by atoms with Gasteiger partial charge >= 0.3 is 0 Å². The third-order valence-electron chi connectivity index (χ3n) is 3.36. The summed E-state index contributed by atoms with van der Waals surface area (Å²) in [4.78, 5) is 16.1. The lowest BCUT2D eigenvalue weighted by Gasteiger charge is -2.14. The third kappa shape index (κ3) is 3.80. The Morgan fingerprint density at radius 3 is 2.96 bits per heavy atom. The van der Waals surface area contributed by atoms with Crippen molar-refractivity contribution in [3.63, 3.8) is 0 Å². The molecule has 0 saturated heterocycles. The Labute approximate surface area is 140 Å². The van der Waals surface area contributed by atoms with Gasteiger partial charge in [-0.1, -0.05) is 0 Å². The summed E-state index contributed by atoms with van der Waals surface area (Å²) in [6, 6.07) is 5.45. The topological polar surface area (TPSA) is 86.5 Å². The molecule has 3 rings (SSSR count). The summed E-state index contributed by atoms with van der Waals surface area (Å²) in [5.41, 5.74) is 6.27. The lowest BCUT2D eigenvalue weighted by atomic mass is 10.2. The van der Waals surface area contributed by atoms with E-state index in [1.54, 1.807) is 11.4 Å². The Balaban J connectivity index is 1.62. The molecule has 9 heteroatoms. The summed E-state index contributed by atoms with van der Waals surface area (Å²) >= 11 is 1.36. The van der Waals surface area contributed by atoms with Crippen LogP contribution in [0.2, 0.25) is 0 Å². The normalized spacial score (nSPS) is 13.1. The number of halogens is 2. The molecule has 2 heterocycles. The molecule has 1 aliphatic rings. The number of nitrogens with two attached hydrogens (primary N) is 1. The summed E-state index contributed by atoms with van der Waals surface area (Å²) in [6.07, 6.45) is -0.0678. The van der Waals surface area contributed by atoms with E-state index in [4.69, 9.17) is 15.2 Å². The lowest BCUT2D eigenvalue weighted by molar-refractivity contribution is -0.122. The molecular formula is C15H15F2N3O3S. The number of hydrogen-bond acceptors (Lipinski definition) is 6. The van der Waals surface area contributed by atoms with Crippen LogP contribution >= 0.6 is 11.3 Å². The number of carbonyl (C=O) groups excluding carboxylic acids is 1. The fraction of sp³-hybridized carbons (Fsp3) is 0.333. The van der Waals surface area contributed by atoms with Crippen LogP contribution in [0.4, 0.5) is 8.78 Å². The van der Waals surface area contributed by atoms with Gasteiger partial charge in [-0.15, -0.1) is 11.3 Å². The van der Waals surface area contributed by atoms with Crippen molar-refractivity contribution in [2.75, 3.05) is 19.9 Å². The van der Waals surface area contributed by atoms with Gasteiger partial charge in [0.25, 0.3) is 5.92 Å². The van der Waals surface area contributed by atoms with Crippen LogP contribution in [0.1, 0.15) is 5.69 Å². The number of nitrogens with zero attached hydrogens (tertiary/aromatic N) is 1. The Morgan fingerprint density at radius 1 is 1.38 bits per heavy atom. The summed E-state index contributed by atoms with van der Waals surface area (Å²) in [6.45, 7) is -1.39. The van der Waals surface area contributed by atoms with E-state index in [-0.39, 0.29) is 13.2 Å². The first-order valence-electron chi connectivity index (χ1n) is 7.16. The first kappa shape index (κ1) is 16.6. The third-order valence-corrected chi connectivity index (χ3v) is 4.30. The van der Waals surface area contributed by atoms with Gasteiger partial charge in [0.15, 0.2) is 11.5 Å². The fourth-order valence-corrected chi connectivity index (χ4v) is 2.89. The number of ether oxygens (including phenoxy) is 2.